The molecule has 1 aliphatic heterocycles. The molecule has 1 rings (SSSR count). The summed E-state index contributed by atoms with van der Waals surface area (Å²) >= 11 is 0. The van der Waals surface area contributed by atoms with Gasteiger partial charge in [0.2, 0.25) is 0 Å². The third-order valence-electron chi connectivity index (χ3n) is 2.04. The molecule has 5 heteroatoms. The number of hydrogen-bond donors (Lipinski definition) is 0. The minimum atomic E-state index is -0.620. The number of carbonyl (C=O) groups excluding carboxylic acids is 1. The smallest absolute Gasteiger partial charge is 0.358 e. The molecule has 0 saturated carbocycles. The quantitative estimate of drug-likeness (QED) is 0.556. The summed E-state index contributed by atoms with van der Waals surface area (Å²) in [5.41, 5.74) is 0.680. The zero-order valence-corrected chi connectivity index (χ0v) is 9.84. The van der Waals surface area contributed by atoms with E-state index in [4.69, 9.17) is 4.74 Å². The van der Waals surface area contributed by atoms with E-state index in [0.29, 0.717) is 5.71 Å². The zero-order valence-electron chi connectivity index (χ0n) is 9.84. The fraction of sp³-hybridized carbons (Fsp3) is 0.333. The Morgan fingerprint density at radius 3 is 2.94 bits per heavy atom. The van der Waals surface area contributed by atoms with Gasteiger partial charge in [0.05, 0.1) is 6.61 Å². The summed E-state index contributed by atoms with van der Waals surface area (Å²) in [4.78, 5) is 26.4. The van der Waals surface area contributed by atoms with E-state index in [9.17, 15) is 9.70 Å². The summed E-state index contributed by atoms with van der Waals surface area (Å²) < 4.78 is 4.85. The third kappa shape index (κ3) is 3.79. The Hall–Kier alpha value is -2.04. The fourth-order valence-corrected chi connectivity index (χ4v) is 1.27. The molecule has 0 unspecified atom stereocenters. The Morgan fingerprint density at radius 2 is 2.29 bits per heavy atom. The monoisotopic (exact) mass is 234 g/mol. The van der Waals surface area contributed by atoms with Crippen LogP contribution < -0.4 is 0 Å². The Kier molecular flexibility index (Phi) is 5.00. The molecule has 0 N–H and O–H groups in total. The molecule has 1 aliphatic rings. The molecule has 1 heterocycles. The lowest BCUT2D eigenvalue weighted by Crippen LogP contribution is -2.09. The maximum absolute atomic E-state index is 11.7. The number of nitrogens with zero attached hydrogens (tertiary/aromatic N) is 2. The highest BCUT2D eigenvalue weighted by molar-refractivity contribution is 5.99. The van der Waals surface area contributed by atoms with Crippen molar-refractivity contribution in [3.05, 3.63) is 40.6 Å². The van der Waals surface area contributed by atoms with Crippen molar-refractivity contribution in [2.45, 2.75) is 20.3 Å². The van der Waals surface area contributed by atoms with E-state index in [1.165, 1.54) is 0 Å². The van der Waals surface area contributed by atoms with Gasteiger partial charge in [-0.3, -0.25) is 0 Å². The van der Waals surface area contributed by atoms with Crippen LogP contribution in [0.25, 0.3) is 0 Å². The van der Waals surface area contributed by atoms with Gasteiger partial charge in [-0.2, -0.15) is 0 Å². The fourth-order valence-electron chi connectivity index (χ4n) is 1.27. The maximum Gasteiger partial charge on any atom is 0.358 e. The number of nitroso groups, excluding NO2 is 1. The van der Waals surface area contributed by atoms with Gasteiger partial charge in [0, 0.05) is 12.1 Å². The number of allylic oxidation sites excluding steroid dienone is 4. The van der Waals surface area contributed by atoms with E-state index >= 15 is 0 Å². The highest BCUT2D eigenvalue weighted by Gasteiger charge is 2.17. The summed E-state index contributed by atoms with van der Waals surface area (Å²) in [5, 5.41) is 2.85. The lowest BCUT2D eigenvalue weighted by atomic mass is 10.2. The van der Waals surface area contributed by atoms with Gasteiger partial charge in [-0.25, -0.2) is 9.79 Å². The van der Waals surface area contributed by atoms with Crippen molar-refractivity contribution < 1.29 is 9.53 Å². The minimum Gasteiger partial charge on any atom is -0.461 e. The van der Waals surface area contributed by atoms with Crippen molar-refractivity contribution in [2.24, 2.45) is 10.2 Å². The molecular formula is C12H14N2O3. The molecule has 0 atom stereocenters. The highest BCUT2D eigenvalue weighted by atomic mass is 16.5. The molecule has 0 bridgehead atoms. The average Bonchev–Trinajstić information content (AvgIpc) is 2.39. The molecule has 0 amide bonds. The van der Waals surface area contributed by atoms with Gasteiger partial charge in [-0.15, -0.1) is 4.91 Å². The van der Waals surface area contributed by atoms with E-state index in [1.54, 1.807) is 38.2 Å². The second kappa shape index (κ2) is 6.52. The summed E-state index contributed by atoms with van der Waals surface area (Å²) in [6.07, 6.45) is 7.30. The lowest BCUT2D eigenvalue weighted by molar-refractivity contribution is -0.138. The first-order valence-corrected chi connectivity index (χ1v) is 5.31. The van der Waals surface area contributed by atoms with Crippen LogP contribution in [-0.2, 0) is 9.53 Å². The first-order valence-electron chi connectivity index (χ1n) is 5.31. The number of esters is 1. The van der Waals surface area contributed by atoms with Gasteiger partial charge in [-0.1, -0.05) is 18.2 Å². The zero-order chi connectivity index (χ0) is 12.7. The van der Waals surface area contributed by atoms with Crippen molar-refractivity contribution in [1.29, 1.82) is 0 Å². The predicted octanol–water partition coefficient (Wildman–Crippen LogP) is 2.50. The molecule has 0 fully saturated rings. The molecule has 0 aromatic rings. The van der Waals surface area contributed by atoms with Crippen LogP contribution in [0.15, 0.2) is 45.9 Å². The average molecular weight is 234 g/mol. The number of rotatable bonds is 3. The Bertz CT molecular complexity index is 431. The summed E-state index contributed by atoms with van der Waals surface area (Å²) in [7, 11) is 0. The van der Waals surface area contributed by atoms with E-state index in [-0.39, 0.29) is 24.4 Å². The van der Waals surface area contributed by atoms with Crippen LogP contribution in [-0.4, -0.2) is 18.3 Å². The first-order chi connectivity index (χ1) is 8.19. The molecule has 0 saturated heterocycles. The molecule has 0 radical (unpaired) electrons. The van der Waals surface area contributed by atoms with E-state index in [0.717, 1.165) is 0 Å². The number of ether oxygens (including phenoxy) is 1. The van der Waals surface area contributed by atoms with Crippen molar-refractivity contribution in [1.82, 2.24) is 0 Å². The van der Waals surface area contributed by atoms with Gasteiger partial charge in [0.1, 0.15) is 5.70 Å². The maximum atomic E-state index is 11.7. The van der Waals surface area contributed by atoms with E-state index in [1.807, 2.05) is 0 Å². The van der Waals surface area contributed by atoms with Crippen LogP contribution >= 0.6 is 0 Å². The first kappa shape index (κ1) is 13.0. The Morgan fingerprint density at radius 1 is 1.53 bits per heavy atom. The highest BCUT2D eigenvalue weighted by Crippen LogP contribution is 2.16. The van der Waals surface area contributed by atoms with Crippen molar-refractivity contribution >= 4 is 11.7 Å². The largest absolute Gasteiger partial charge is 0.461 e. The molecule has 0 aliphatic carbocycles. The standard InChI is InChI=1S/C12H14N2O3/c1-3-17-12(15)11-10(14-16)8-6-4-5-7-9(2)13-11/h4-7H,3,8H2,1-2H3/b6-4-,7-5-,11-10+,13-9-. The van der Waals surface area contributed by atoms with Crippen LogP contribution in [0, 0.1) is 4.91 Å². The summed E-state index contributed by atoms with van der Waals surface area (Å²) in [6.45, 7) is 3.66. The molecule has 17 heavy (non-hydrogen) atoms. The van der Waals surface area contributed by atoms with Gasteiger partial charge in [0.15, 0.2) is 5.70 Å². The summed E-state index contributed by atoms with van der Waals surface area (Å²) in [5.74, 6) is -0.620. The van der Waals surface area contributed by atoms with Crippen molar-refractivity contribution in [2.75, 3.05) is 6.61 Å². The summed E-state index contributed by atoms with van der Waals surface area (Å²) in [6, 6.07) is 0. The number of aliphatic imine (C=N–C) groups is 1. The second-order valence-corrected chi connectivity index (χ2v) is 3.35. The topological polar surface area (TPSA) is 68.1 Å². The van der Waals surface area contributed by atoms with Crippen molar-refractivity contribution in [3.8, 4) is 0 Å². The van der Waals surface area contributed by atoms with Gasteiger partial charge >= 0.3 is 5.97 Å². The molecular weight excluding hydrogens is 220 g/mol. The van der Waals surface area contributed by atoms with Crippen LogP contribution in [0.1, 0.15) is 20.3 Å². The molecule has 0 spiro atoms. The Labute approximate surface area is 99.5 Å². The van der Waals surface area contributed by atoms with Crippen LogP contribution in [0.5, 0.6) is 0 Å². The molecule has 5 nitrogen and oxygen atoms in total. The number of hydrogen-bond acceptors (Lipinski definition) is 5. The predicted molar refractivity (Wildman–Crippen MR) is 65.5 cm³/mol. The molecule has 90 valence electrons. The van der Waals surface area contributed by atoms with Gasteiger partial charge in [0.25, 0.3) is 0 Å². The Balaban J connectivity index is 3.20. The van der Waals surface area contributed by atoms with Crippen molar-refractivity contribution in [3.63, 3.8) is 0 Å². The van der Waals surface area contributed by atoms with Gasteiger partial charge in [-0.05, 0) is 25.1 Å². The molecule has 0 aromatic heterocycles. The van der Waals surface area contributed by atoms with Crippen LogP contribution in [0.3, 0.4) is 0 Å². The third-order valence-corrected chi connectivity index (χ3v) is 2.04. The molecule has 0 aromatic carbocycles. The lowest BCUT2D eigenvalue weighted by Gasteiger charge is -2.04. The van der Waals surface area contributed by atoms with Gasteiger partial charge < -0.3 is 4.74 Å². The van der Waals surface area contributed by atoms with E-state index < -0.39 is 5.97 Å². The van der Waals surface area contributed by atoms with Crippen LogP contribution in [0.2, 0.25) is 0 Å². The van der Waals surface area contributed by atoms with Crippen LogP contribution in [0.4, 0.5) is 0 Å². The normalized spacial score (nSPS) is 26.8. The minimum absolute atomic E-state index is 0.0180. The second-order valence-electron chi connectivity index (χ2n) is 3.35. The number of carbonyl (C=O) groups is 1. The van der Waals surface area contributed by atoms with E-state index in [2.05, 4.69) is 10.2 Å². The SMILES string of the molecule is CCOC(=O)C1=C(/N=O)C\C=C/C=C\C(C)=N/1.